The number of ether oxygens (including phenoxy) is 2. The summed E-state index contributed by atoms with van der Waals surface area (Å²) >= 11 is 0. The molecule has 0 atom stereocenters. The fraction of sp³-hybridized carbons (Fsp3) is 0.464. The number of rotatable bonds is 11. The monoisotopic (exact) mass is 480 g/mol. The van der Waals surface area contributed by atoms with Gasteiger partial charge < -0.3 is 19.3 Å². The normalized spacial score (nSPS) is 13.8. The zero-order valence-corrected chi connectivity index (χ0v) is 20.8. The van der Waals surface area contributed by atoms with Gasteiger partial charge in [-0.25, -0.2) is 0 Å². The SMILES string of the molecule is CCCOc1ccc(C(=O)CCC(=O)N2CCCN(C(=O)CCc3ccc(OC)cc3)CC2)cc1. The molecule has 2 aromatic carbocycles. The lowest BCUT2D eigenvalue weighted by Crippen LogP contribution is -2.37. The highest BCUT2D eigenvalue weighted by molar-refractivity contribution is 5.98. The van der Waals surface area contributed by atoms with Crippen LogP contribution < -0.4 is 9.47 Å². The van der Waals surface area contributed by atoms with Crippen LogP contribution in [0, 0.1) is 0 Å². The van der Waals surface area contributed by atoms with Crippen molar-refractivity contribution in [3.05, 3.63) is 59.7 Å². The molecule has 0 saturated carbocycles. The highest BCUT2D eigenvalue weighted by Crippen LogP contribution is 2.16. The Morgan fingerprint density at radius 3 is 1.97 bits per heavy atom. The first-order valence-corrected chi connectivity index (χ1v) is 12.4. The van der Waals surface area contributed by atoms with Crippen LogP contribution in [0.4, 0.5) is 0 Å². The number of methoxy groups -OCH3 is 1. The van der Waals surface area contributed by atoms with Crippen molar-refractivity contribution in [1.29, 1.82) is 0 Å². The van der Waals surface area contributed by atoms with Crippen LogP contribution in [0.15, 0.2) is 48.5 Å². The summed E-state index contributed by atoms with van der Waals surface area (Å²) in [5, 5.41) is 0. The number of Topliss-reactive ketones (excluding diaryl/α,β-unsaturated/α-hetero) is 1. The third-order valence-electron chi connectivity index (χ3n) is 6.20. The molecule has 1 heterocycles. The van der Waals surface area contributed by atoms with E-state index in [0.717, 1.165) is 29.9 Å². The van der Waals surface area contributed by atoms with E-state index in [0.29, 0.717) is 51.2 Å². The lowest BCUT2D eigenvalue weighted by atomic mass is 10.1. The molecule has 1 saturated heterocycles. The number of benzene rings is 2. The molecule has 35 heavy (non-hydrogen) atoms. The molecule has 188 valence electrons. The van der Waals surface area contributed by atoms with Crippen molar-refractivity contribution in [2.45, 2.75) is 45.4 Å². The molecule has 1 aliphatic rings. The Hall–Kier alpha value is -3.35. The van der Waals surface area contributed by atoms with Crippen LogP contribution in [0.5, 0.6) is 11.5 Å². The summed E-state index contributed by atoms with van der Waals surface area (Å²) in [4.78, 5) is 41.6. The quantitative estimate of drug-likeness (QED) is 0.452. The van der Waals surface area contributed by atoms with Gasteiger partial charge in [0.1, 0.15) is 11.5 Å². The van der Waals surface area contributed by atoms with Crippen molar-refractivity contribution in [1.82, 2.24) is 9.80 Å². The summed E-state index contributed by atoms with van der Waals surface area (Å²) in [7, 11) is 1.63. The molecule has 7 nitrogen and oxygen atoms in total. The van der Waals surface area contributed by atoms with E-state index < -0.39 is 0 Å². The van der Waals surface area contributed by atoms with E-state index in [4.69, 9.17) is 9.47 Å². The van der Waals surface area contributed by atoms with Crippen molar-refractivity contribution in [2.24, 2.45) is 0 Å². The molecule has 2 amide bonds. The number of nitrogens with zero attached hydrogens (tertiary/aromatic N) is 2. The number of carbonyl (C=O) groups is 3. The molecule has 0 aromatic heterocycles. The number of hydrogen-bond donors (Lipinski definition) is 0. The Balaban J connectivity index is 1.41. The molecule has 0 spiro atoms. The summed E-state index contributed by atoms with van der Waals surface area (Å²) in [6.45, 7) is 4.97. The Morgan fingerprint density at radius 1 is 0.771 bits per heavy atom. The van der Waals surface area contributed by atoms with E-state index in [1.165, 1.54) is 0 Å². The average molecular weight is 481 g/mol. The maximum atomic E-state index is 12.7. The topological polar surface area (TPSA) is 76.2 Å². The summed E-state index contributed by atoms with van der Waals surface area (Å²) in [5.74, 6) is 1.57. The van der Waals surface area contributed by atoms with Crippen LogP contribution in [0.3, 0.4) is 0 Å². The molecule has 1 fully saturated rings. The Morgan fingerprint density at radius 2 is 1.37 bits per heavy atom. The van der Waals surface area contributed by atoms with Crippen molar-refractivity contribution < 1.29 is 23.9 Å². The van der Waals surface area contributed by atoms with Gasteiger partial charge in [-0.2, -0.15) is 0 Å². The molecule has 1 aliphatic heterocycles. The van der Waals surface area contributed by atoms with Gasteiger partial charge in [0.25, 0.3) is 0 Å². The van der Waals surface area contributed by atoms with Crippen molar-refractivity contribution in [2.75, 3.05) is 39.9 Å². The first-order valence-electron chi connectivity index (χ1n) is 12.4. The molecule has 3 rings (SSSR count). The second-order valence-electron chi connectivity index (χ2n) is 8.76. The van der Waals surface area contributed by atoms with Gasteiger partial charge in [0, 0.05) is 51.0 Å². The van der Waals surface area contributed by atoms with E-state index in [2.05, 4.69) is 0 Å². The standard InChI is InChI=1S/C28H36N2O5/c1-3-21-35-25-12-8-23(9-13-25)26(31)14-16-28(33)30-18-4-17-29(19-20-30)27(32)15-7-22-5-10-24(34-2)11-6-22/h5-6,8-13H,3-4,7,14-21H2,1-2H3. The largest absolute Gasteiger partial charge is 0.497 e. The van der Waals surface area contributed by atoms with Crippen LogP contribution in [-0.2, 0) is 16.0 Å². The summed E-state index contributed by atoms with van der Waals surface area (Å²) in [6, 6.07) is 14.8. The molecule has 0 radical (unpaired) electrons. The van der Waals surface area contributed by atoms with Crippen molar-refractivity contribution >= 4 is 17.6 Å². The Labute approximate surface area is 208 Å². The van der Waals surface area contributed by atoms with E-state index in [1.807, 2.05) is 36.1 Å². The summed E-state index contributed by atoms with van der Waals surface area (Å²) < 4.78 is 10.7. The number of amides is 2. The van der Waals surface area contributed by atoms with E-state index in [-0.39, 0.29) is 30.4 Å². The minimum atomic E-state index is -0.0504. The highest BCUT2D eigenvalue weighted by Gasteiger charge is 2.22. The molecule has 2 aromatic rings. The second-order valence-corrected chi connectivity index (χ2v) is 8.76. The van der Waals surface area contributed by atoms with Gasteiger partial charge in [-0.3, -0.25) is 14.4 Å². The lowest BCUT2D eigenvalue weighted by Gasteiger charge is -2.22. The number of hydrogen-bond acceptors (Lipinski definition) is 5. The number of carbonyl (C=O) groups excluding carboxylic acids is 3. The Bertz CT molecular complexity index is 972. The maximum Gasteiger partial charge on any atom is 0.223 e. The van der Waals surface area contributed by atoms with Gasteiger partial charge in [-0.05, 0) is 61.2 Å². The van der Waals surface area contributed by atoms with Crippen LogP contribution >= 0.6 is 0 Å². The van der Waals surface area contributed by atoms with E-state index in [1.54, 1.807) is 36.3 Å². The third-order valence-corrected chi connectivity index (χ3v) is 6.20. The fourth-order valence-electron chi connectivity index (χ4n) is 4.10. The molecule has 7 heteroatoms. The van der Waals surface area contributed by atoms with Gasteiger partial charge in [0.2, 0.25) is 11.8 Å². The van der Waals surface area contributed by atoms with Gasteiger partial charge in [-0.15, -0.1) is 0 Å². The zero-order chi connectivity index (χ0) is 25.0. The first kappa shape index (κ1) is 26.3. The molecular weight excluding hydrogens is 444 g/mol. The molecular formula is C28H36N2O5. The van der Waals surface area contributed by atoms with Crippen LogP contribution in [-0.4, -0.2) is 67.3 Å². The van der Waals surface area contributed by atoms with E-state index in [9.17, 15) is 14.4 Å². The fourth-order valence-corrected chi connectivity index (χ4v) is 4.10. The highest BCUT2D eigenvalue weighted by atomic mass is 16.5. The van der Waals surface area contributed by atoms with Crippen LogP contribution in [0.1, 0.15) is 54.9 Å². The number of aryl methyl sites for hydroxylation is 1. The zero-order valence-electron chi connectivity index (χ0n) is 20.8. The van der Waals surface area contributed by atoms with Gasteiger partial charge in [0.15, 0.2) is 5.78 Å². The summed E-state index contributed by atoms with van der Waals surface area (Å²) in [5.41, 5.74) is 1.68. The van der Waals surface area contributed by atoms with E-state index >= 15 is 0 Å². The van der Waals surface area contributed by atoms with Gasteiger partial charge >= 0.3 is 0 Å². The predicted octanol–water partition coefficient (Wildman–Crippen LogP) is 4.14. The van der Waals surface area contributed by atoms with Crippen molar-refractivity contribution in [3.63, 3.8) is 0 Å². The van der Waals surface area contributed by atoms with Gasteiger partial charge in [-0.1, -0.05) is 19.1 Å². The first-order chi connectivity index (χ1) is 17.0. The Kier molecular flexibility index (Phi) is 10.1. The molecule has 0 aliphatic carbocycles. The average Bonchev–Trinajstić information content (AvgIpc) is 3.16. The van der Waals surface area contributed by atoms with Crippen LogP contribution in [0.25, 0.3) is 0 Å². The summed E-state index contributed by atoms with van der Waals surface area (Å²) in [6.07, 6.45) is 3.14. The van der Waals surface area contributed by atoms with Crippen LogP contribution in [0.2, 0.25) is 0 Å². The molecule has 0 N–H and O–H groups in total. The maximum absolute atomic E-state index is 12.7. The number of ketones is 1. The minimum Gasteiger partial charge on any atom is -0.497 e. The lowest BCUT2D eigenvalue weighted by molar-refractivity contribution is -0.133. The molecule has 0 bridgehead atoms. The third kappa shape index (κ3) is 8.12. The molecule has 0 unspecified atom stereocenters. The minimum absolute atomic E-state index is 0.0335. The van der Waals surface area contributed by atoms with Crippen molar-refractivity contribution in [3.8, 4) is 11.5 Å². The smallest absolute Gasteiger partial charge is 0.223 e. The second kappa shape index (κ2) is 13.5. The predicted molar refractivity (Wildman–Crippen MR) is 135 cm³/mol. The van der Waals surface area contributed by atoms with Gasteiger partial charge in [0.05, 0.1) is 13.7 Å².